The molecule has 0 bridgehead atoms. The van der Waals surface area contributed by atoms with Crippen molar-refractivity contribution < 1.29 is 23.8 Å². The van der Waals surface area contributed by atoms with Crippen molar-refractivity contribution in [1.82, 2.24) is 9.47 Å². The summed E-state index contributed by atoms with van der Waals surface area (Å²) in [5, 5.41) is 0.779. The lowest BCUT2D eigenvalue weighted by atomic mass is 9.81. The maximum Gasteiger partial charge on any atom is 0.419 e. The van der Waals surface area contributed by atoms with Crippen LogP contribution in [0, 0.1) is 6.92 Å². The van der Waals surface area contributed by atoms with Gasteiger partial charge >= 0.3 is 12.1 Å². The van der Waals surface area contributed by atoms with Crippen molar-refractivity contribution in [2.45, 2.75) is 63.8 Å². The van der Waals surface area contributed by atoms with Gasteiger partial charge in [0, 0.05) is 39.1 Å². The molecule has 0 saturated carbocycles. The van der Waals surface area contributed by atoms with Gasteiger partial charge in [0.2, 0.25) is 0 Å². The van der Waals surface area contributed by atoms with Crippen LogP contribution in [0.3, 0.4) is 0 Å². The molecule has 1 aliphatic heterocycles. The lowest BCUT2D eigenvalue weighted by Gasteiger charge is -2.49. The van der Waals surface area contributed by atoms with Crippen LogP contribution in [0.2, 0.25) is 0 Å². The molecule has 0 N–H and O–H groups in total. The number of ether oxygens (including phenoxy) is 3. The molecular weight excluding hydrogens is 556 g/mol. The van der Waals surface area contributed by atoms with Crippen LogP contribution >= 0.6 is 0 Å². The van der Waals surface area contributed by atoms with Crippen molar-refractivity contribution in [3.05, 3.63) is 101 Å². The highest BCUT2D eigenvalue weighted by Crippen LogP contribution is 2.44. The lowest BCUT2D eigenvalue weighted by Crippen LogP contribution is -2.51. The third-order valence-corrected chi connectivity index (χ3v) is 10.3. The van der Waals surface area contributed by atoms with Crippen LogP contribution in [0.4, 0.5) is 4.79 Å². The van der Waals surface area contributed by atoms with Gasteiger partial charge in [0.25, 0.3) is 0 Å². The van der Waals surface area contributed by atoms with E-state index in [0.717, 1.165) is 57.4 Å². The Hall–Kier alpha value is -3.88. The molecule has 1 fully saturated rings. The molecule has 5 rings (SSSR count). The normalized spacial score (nSPS) is 19.3. The van der Waals surface area contributed by atoms with Gasteiger partial charge < -0.3 is 14.2 Å². The number of esters is 1. The van der Waals surface area contributed by atoms with Crippen molar-refractivity contribution in [2.24, 2.45) is 0 Å². The van der Waals surface area contributed by atoms with Gasteiger partial charge in [-0.15, -0.1) is 0 Å². The Balaban J connectivity index is 1.57. The summed E-state index contributed by atoms with van der Waals surface area (Å²) in [6.07, 6.45) is 3.41. The van der Waals surface area contributed by atoms with Crippen molar-refractivity contribution in [1.29, 1.82) is 0 Å². The van der Waals surface area contributed by atoms with Crippen LogP contribution in [0.25, 0.3) is 10.9 Å². The number of benzene rings is 3. The van der Waals surface area contributed by atoms with Crippen LogP contribution in [-0.2, 0) is 21.2 Å². The van der Waals surface area contributed by atoms with E-state index in [1.807, 2.05) is 52.0 Å². The first kappa shape index (κ1) is 30.6. The summed E-state index contributed by atoms with van der Waals surface area (Å²) in [4.78, 5) is 27.9. The number of aromatic nitrogens is 1. The molecule has 1 aromatic heterocycles. The zero-order chi connectivity index (χ0) is 30.9. The van der Waals surface area contributed by atoms with E-state index in [1.54, 1.807) is 17.9 Å². The predicted molar refractivity (Wildman–Crippen MR) is 173 cm³/mol. The van der Waals surface area contributed by atoms with Crippen molar-refractivity contribution >= 4 is 33.2 Å². The highest BCUT2D eigenvalue weighted by atomic mass is 28.1. The second-order valence-corrected chi connectivity index (χ2v) is 14.3. The zero-order valence-electron chi connectivity index (χ0n) is 26.3. The minimum atomic E-state index is -0.601. The Morgan fingerprint density at radius 2 is 1.72 bits per heavy atom. The molecule has 2 atom stereocenters. The lowest BCUT2D eigenvalue weighted by molar-refractivity contribution is 0.0542. The largest absolute Gasteiger partial charge is 0.496 e. The first-order valence-corrected chi connectivity index (χ1v) is 15.8. The number of carbonyl (C=O) groups is 2. The highest BCUT2D eigenvalue weighted by Gasteiger charge is 2.41. The zero-order valence-corrected chi connectivity index (χ0v) is 28.3. The average Bonchev–Trinajstić information content (AvgIpc) is 3.45. The second-order valence-electron chi connectivity index (χ2n) is 12.7. The Morgan fingerprint density at radius 1 is 1.02 bits per heavy atom. The average molecular weight is 599 g/mol. The number of carbonyl (C=O) groups excluding carboxylic acids is 2. The number of piperidine rings is 1. The monoisotopic (exact) mass is 598 g/mol. The highest BCUT2D eigenvalue weighted by molar-refractivity contribution is 6.15. The molecule has 2 heterocycles. The van der Waals surface area contributed by atoms with Gasteiger partial charge in [0.05, 0.1) is 25.3 Å². The summed E-state index contributed by atoms with van der Waals surface area (Å²) in [6.45, 7) is 9.17. The molecule has 0 unspecified atom stereocenters. The minimum absolute atomic E-state index is 0.205. The number of aryl methyl sites for hydroxylation is 1. The van der Waals surface area contributed by atoms with Crippen LogP contribution in [-0.4, -0.2) is 58.1 Å². The fraction of sp³-hybridized carbons (Fsp3) is 0.371. The molecule has 8 heteroatoms. The smallest absolute Gasteiger partial charge is 0.419 e. The van der Waals surface area contributed by atoms with Gasteiger partial charge in [-0.05, 0) is 94.0 Å². The van der Waals surface area contributed by atoms with Crippen LogP contribution in [0.15, 0.2) is 72.9 Å². The molecule has 0 aliphatic carbocycles. The Bertz CT molecular complexity index is 1620. The maximum atomic E-state index is 13.2. The molecule has 1 aliphatic rings. The summed E-state index contributed by atoms with van der Waals surface area (Å²) >= 11 is 0. The van der Waals surface area contributed by atoms with E-state index in [2.05, 4.69) is 47.4 Å². The van der Waals surface area contributed by atoms with Crippen molar-refractivity contribution in [3.8, 4) is 5.75 Å². The van der Waals surface area contributed by atoms with Gasteiger partial charge in [0.15, 0.2) is 0 Å². The molecular formula is C35H42N2O5Si. The topological polar surface area (TPSA) is 70.0 Å². The maximum absolute atomic E-state index is 13.2. The Kier molecular flexibility index (Phi) is 8.54. The van der Waals surface area contributed by atoms with Crippen molar-refractivity contribution in [3.63, 3.8) is 0 Å². The van der Waals surface area contributed by atoms with E-state index >= 15 is 0 Å². The first-order valence-electron chi connectivity index (χ1n) is 14.8. The SMILES string of the molecule is COC(=O)c1ccc([C@@]2([SiH3])C[C@H](c3ccccc3)CCN2Cc2c(OC)cc(C)c3c2ccn3C(=O)OC(C)(C)C)cc1. The van der Waals surface area contributed by atoms with E-state index < -0.39 is 11.7 Å². The summed E-state index contributed by atoms with van der Waals surface area (Å²) < 4.78 is 18.2. The Morgan fingerprint density at radius 3 is 2.35 bits per heavy atom. The molecule has 1 saturated heterocycles. The molecule has 43 heavy (non-hydrogen) atoms. The van der Waals surface area contributed by atoms with E-state index in [-0.39, 0.29) is 11.1 Å². The molecule has 0 spiro atoms. The third-order valence-electron chi connectivity index (χ3n) is 8.68. The number of nitrogens with zero attached hydrogens (tertiary/aromatic N) is 2. The number of hydrogen-bond acceptors (Lipinski definition) is 6. The van der Waals surface area contributed by atoms with Gasteiger partial charge in [-0.3, -0.25) is 9.47 Å². The minimum Gasteiger partial charge on any atom is -0.496 e. The van der Waals surface area contributed by atoms with Crippen LogP contribution in [0.1, 0.15) is 72.1 Å². The van der Waals surface area contributed by atoms with E-state index in [9.17, 15) is 9.59 Å². The molecule has 4 aromatic rings. The molecule has 226 valence electrons. The van der Waals surface area contributed by atoms with Crippen LogP contribution < -0.4 is 4.74 Å². The standard InChI is InChI=1S/C35H42N2O5Si/c1-23-20-30(40-5)29(28-17-19-37(31(23)28)33(39)42-34(2,3)4)22-36-18-16-26(24-10-8-7-9-11-24)21-35(36,43)27-14-12-25(13-15-27)32(38)41-6/h7-15,17,19-20,26H,16,18,21-22H2,1-6,43H3/t26-,35+/m1/s1. The summed E-state index contributed by atoms with van der Waals surface area (Å²) in [7, 11) is 3.97. The van der Waals surface area contributed by atoms with Gasteiger partial charge in [-0.1, -0.05) is 42.5 Å². The first-order chi connectivity index (χ1) is 20.4. The number of fused-ring (bicyclic) bond motifs is 1. The van der Waals surface area contributed by atoms with E-state index in [1.165, 1.54) is 18.2 Å². The third kappa shape index (κ3) is 6.12. The fourth-order valence-electron chi connectivity index (χ4n) is 6.48. The second kappa shape index (κ2) is 12.0. The number of rotatable bonds is 6. The van der Waals surface area contributed by atoms with Crippen LogP contribution in [0.5, 0.6) is 5.75 Å². The van der Waals surface area contributed by atoms with Gasteiger partial charge in [0.1, 0.15) is 11.4 Å². The molecule has 3 aromatic carbocycles. The molecule has 0 amide bonds. The Labute approximate surface area is 257 Å². The van der Waals surface area contributed by atoms with E-state index in [0.29, 0.717) is 18.0 Å². The quantitative estimate of drug-likeness (QED) is 0.197. The predicted octanol–water partition coefficient (Wildman–Crippen LogP) is 6.13. The summed E-state index contributed by atoms with van der Waals surface area (Å²) in [6, 6.07) is 22.7. The van der Waals surface area contributed by atoms with Gasteiger partial charge in [-0.2, -0.15) is 0 Å². The number of methoxy groups -OCH3 is 2. The summed E-state index contributed by atoms with van der Waals surface area (Å²) in [5.41, 5.74) is 5.34. The summed E-state index contributed by atoms with van der Waals surface area (Å²) in [5.74, 6) is 0.892. The van der Waals surface area contributed by atoms with Crippen molar-refractivity contribution in [2.75, 3.05) is 20.8 Å². The van der Waals surface area contributed by atoms with Gasteiger partial charge in [-0.25, -0.2) is 9.59 Å². The molecule has 0 radical (unpaired) electrons. The molecule has 7 nitrogen and oxygen atoms in total. The van der Waals surface area contributed by atoms with E-state index in [4.69, 9.17) is 14.2 Å². The number of likely N-dealkylation sites (tertiary alicyclic amines) is 1. The fourth-order valence-corrected chi connectivity index (χ4v) is 7.69. The number of hydrogen-bond donors (Lipinski definition) is 0.